The number of hydrogen-bond donors (Lipinski definition) is 1. The number of hydrogen-bond acceptors (Lipinski definition) is 5. The number of ether oxygens (including phenoxy) is 1. The van der Waals surface area contributed by atoms with E-state index in [4.69, 9.17) is 4.74 Å². The number of nitrogens with zero attached hydrogens (tertiary/aromatic N) is 2. The number of methoxy groups -OCH3 is 1. The molecule has 1 aromatic carbocycles. The van der Waals surface area contributed by atoms with E-state index in [1.807, 2.05) is 0 Å². The van der Waals surface area contributed by atoms with Crippen LogP contribution in [-0.4, -0.2) is 48.4 Å². The number of rotatable bonds is 6. The van der Waals surface area contributed by atoms with Crippen LogP contribution in [0.15, 0.2) is 23.3 Å². The highest BCUT2D eigenvalue weighted by Gasteiger charge is 2.29. The Balaban J connectivity index is 1.57. The van der Waals surface area contributed by atoms with Crippen molar-refractivity contribution in [3.63, 3.8) is 0 Å². The van der Waals surface area contributed by atoms with E-state index in [2.05, 4.69) is 10.5 Å². The van der Waals surface area contributed by atoms with Gasteiger partial charge in [-0.15, -0.1) is 0 Å². The average Bonchev–Trinajstić information content (AvgIpc) is 2.72. The molecule has 0 bridgehead atoms. The molecule has 2 aliphatic rings. The maximum absolute atomic E-state index is 13.9. The second-order valence-electron chi connectivity index (χ2n) is 7.11. The number of carbonyl (C=O) groups excluding carboxylic acids is 3. The van der Waals surface area contributed by atoms with Gasteiger partial charge in [-0.2, -0.15) is 5.10 Å². The summed E-state index contributed by atoms with van der Waals surface area (Å²) in [6, 6.07) is 4.19. The van der Waals surface area contributed by atoms with Crippen LogP contribution in [0.3, 0.4) is 0 Å². The number of amides is 2. The van der Waals surface area contributed by atoms with E-state index in [1.165, 1.54) is 19.2 Å². The molecule has 1 atom stereocenters. The number of nitrogens with one attached hydrogen (secondary N) is 1. The van der Waals surface area contributed by atoms with Gasteiger partial charge in [0.05, 0.1) is 7.11 Å². The first-order chi connectivity index (χ1) is 13.5. The summed E-state index contributed by atoms with van der Waals surface area (Å²) in [6.07, 6.45) is 3.17. The highest BCUT2D eigenvalue weighted by Crippen LogP contribution is 2.25. The van der Waals surface area contributed by atoms with Crippen LogP contribution in [0, 0.1) is 11.7 Å². The van der Waals surface area contributed by atoms with E-state index >= 15 is 0 Å². The lowest BCUT2D eigenvalue weighted by Gasteiger charge is -2.32. The summed E-state index contributed by atoms with van der Waals surface area (Å²) in [4.78, 5) is 38.1. The summed E-state index contributed by atoms with van der Waals surface area (Å²) in [5.74, 6) is -1.10. The minimum absolute atomic E-state index is 0.0296. The molecule has 3 rings (SSSR count). The Kier molecular flexibility index (Phi) is 6.38. The molecule has 1 aromatic rings. The van der Waals surface area contributed by atoms with Crippen molar-refractivity contribution in [2.45, 2.75) is 38.5 Å². The van der Waals surface area contributed by atoms with Gasteiger partial charge in [0.2, 0.25) is 11.8 Å². The van der Waals surface area contributed by atoms with Gasteiger partial charge in [0.15, 0.2) is 17.3 Å². The van der Waals surface area contributed by atoms with Crippen LogP contribution < -0.4 is 10.2 Å². The number of benzene rings is 1. The zero-order valence-corrected chi connectivity index (χ0v) is 15.9. The summed E-state index contributed by atoms with van der Waals surface area (Å²) in [6.45, 7) is 0.956. The zero-order valence-electron chi connectivity index (χ0n) is 15.9. The summed E-state index contributed by atoms with van der Waals surface area (Å²) in [7, 11) is 1.37. The molecule has 8 heteroatoms. The third-order valence-electron chi connectivity index (χ3n) is 5.19. The molecule has 28 heavy (non-hydrogen) atoms. The van der Waals surface area contributed by atoms with Gasteiger partial charge in [-0.1, -0.05) is 0 Å². The topological polar surface area (TPSA) is 88.1 Å². The Bertz CT molecular complexity index is 809. The van der Waals surface area contributed by atoms with Gasteiger partial charge in [0.1, 0.15) is 0 Å². The fourth-order valence-corrected chi connectivity index (χ4v) is 3.57. The molecule has 2 amide bonds. The Morgan fingerprint density at radius 2 is 2.18 bits per heavy atom. The predicted octanol–water partition coefficient (Wildman–Crippen LogP) is 2.30. The molecule has 2 aliphatic heterocycles. The SMILES string of the molecule is COc1ccc(C(=O)C2CCCN(C(=O)CCC3=NNC(=O)CC3)C2)cc1F. The Labute approximate surface area is 162 Å². The first kappa shape index (κ1) is 20.0. The normalized spacial score (nSPS) is 19.6. The van der Waals surface area contributed by atoms with E-state index in [-0.39, 0.29) is 29.3 Å². The lowest BCUT2D eigenvalue weighted by atomic mass is 9.89. The third kappa shape index (κ3) is 4.74. The van der Waals surface area contributed by atoms with Crippen LogP contribution in [0.1, 0.15) is 48.9 Å². The molecule has 1 saturated heterocycles. The Hall–Kier alpha value is -2.77. The van der Waals surface area contributed by atoms with Crippen molar-refractivity contribution in [1.29, 1.82) is 0 Å². The second-order valence-corrected chi connectivity index (χ2v) is 7.11. The first-order valence-electron chi connectivity index (χ1n) is 9.47. The maximum atomic E-state index is 13.9. The molecule has 0 aromatic heterocycles. The van der Waals surface area contributed by atoms with E-state index in [9.17, 15) is 18.8 Å². The highest BCUT2D eigenvalue weighted by molar-refractivity contribution is 5.98. The van der Waals surface area contributed by atoms with Crippen LogP contribution in [0.4, 0.5) is 4.39 Å². The van der Waals surface area contributed by atoms with Crippen molar-refractivity contribution in [2.75, 3.05) is 20.2 Å². The minimum atomic E-state index is -0.572. The fraction of sp³-hybridized carbons (Fsp3) is 0.500. The van der Waals surface area contributed by atoms with Crippen molar-refractivity contribution in [3.8, 4) is 5.75 Å². The van der Waals surface area contributed by atoms with Gasteiger partial charge in [0, 0.05) is 43.1 Å². The van der Waals surface area contributed by atoms with Crippen LogP contribution in [-0.2, 0) is 9.59 Å². The van der Waals surface area contributed by atoms with Crippen LogP contribution in [0.25, 0.3) is 0 Å². The molecule has 2 heterocycles. The zero-order chi connectivity index (χ0) is 20.1. The molecular weight excluding hydrogens is 365 g/mol. The van der Waals surface area contributed by atoms with Crippen molar-refractivity contribution < 1.29 is 23.5 Å². The molecule has 0 aliphatic carbocycles. The van der Waals surface area contributed by atoms with Gasteiger partial charge in [0.25, 0.3) is 0 Å². The quantitative estimate of drug-likeness (QED) is 0.756. The number of hydrazone groups is 1. The smallest absolute Gasteiger partial charge is 0.240 e. The predicted molar refractivity (Wildman–Crippen MR) is 101 cm³/mol. The number of likely N-dealkylation sites (tertiary alicyclic amines) is 1. The van der Waals surface area contributed by atoms with Crippen molar-refractivity contribution >= 4 is 23.3 Å². The molecule has 1 N–H and O–H groups in total. The highest BCUT2D eigenvalue weighted by atomic mass is 19.1. The Morgan fingerprint density at radius 1 is 1.36 bits per heavy atom. The summed E-state index contributed by atoms with van der Waals surface area (Å²) >= 11 is 0. The van der Waals surface area contributed by atoms with E-state index in [0.717, 1.165) is 12.1 Å². The van der Waals surface area contributed by atoms with Crippen molar-refractivity contribution in [1.82, 2.24) is 10.3 Å². The number of piperidine rings is 1. The van der Waals surface area contributed by atoms with Gasteiger partial charge in [-0.05, 0) is 43.9 Å². The first-order valence-corrected chi connectivity index (χ1v) is 9.47. The number of Topliss-reactive ketones (excluding diaryl/α,β-unsaturated/α-hetero) is 1. The minimum Gasteiger partial charge on any atom is -0.494 e. The van der Waals surface area contributed by atoms with Gasteiger partial charge in [-0.3, -0.25) is 14.4 Å². The van der Waals surface area contributed by atoms with Crippen molar-refractivity contribution in [2.24, 2.45) is 11.0 Å². The number of ketones is 1. The van der Waals surface area contributed by atoms with E-state index < -0.39 is 5.82 Å². The van der Waals surface area contributed by atoms with E-state index in [0.29, 0.717) is 50.8 Å². The number of halogens is 1. The molecule has 0 radical (unpaired) electrons. The van der Waals surface area contributed by atoms with E-state index in [1.54, 1.807) is 11.0 Å². The summed E-state index contributed by atoms with van der Waals surface area (Å²) in [5.41, 5.74) is 3.54. The number of carbonyl (C=O) groups is 3. The second kappa shape index (κ2) is 8.95. The van der Waals surface area contributed by atoms with Crippen molar-refractivity contribution in [3.05, 3.63) is 29.6 Å². The van der Waals surface area contributed by atoms with Gasteiger partial charge in [-0.25, -0.2) is 9.82 Å². The molecule has 1 unspecified atom stereocenters. The molecule has 0 spiro atoms. The lowest BCUT2D eigenvalue weighted by Crippen LogP contribution is -2.42. The van der Waals surface area contributed by atoms with Crippen LogP contribution in [0.2, 0.25) is 0 Å². The molecular formula is C20H24FN3O4. The standard InChI is InChI=1S/C20H24FN3O4/c1-28-17-7-4-13(11-16(17)21)20(27)14-3-2-10-24(12-14)19(26)9-6-15-5-8-18(25)23-22-15/h4,7,11,14H,2-3,5-6,8-10,12H2,1H3,(H,23,25). The molecule has 0 saturated carbocycles. The fourth-order valence-electron chi connectivity index (χ4n) is 3.57. The summed E-state index contributed by atoms with van der Waals surface area (Å²) in [5, 5.41) is 3.98. The van der Waals surface area contributed by atoms with Gasteiger partial charge < -0.3 is 9.64 Å². The maximum Gasteiger partial charge on any atom is 0.240 e. The molecule has 7 nitrogen and oxygen atoms in total. The summed E-state index contributed by atoms with van der Waals surface area (Å²) < 4.78 is 18.8. The molecule has 150 valence electrons. The molecule has 1 fully saturated rings. The lowest BCUT2D eigenvalue weighted by molar-refractivity contribution is -0.132. The third-order valence-corrected chi connectivity index (χ3v) is 5.19. The Morgan fingerprint density at radius 3 is 2.86 bits per heavy atom. The average molecular weight is 389 g/mol. The van der Waals surface area contributed by atoms with Crippen LogP contribution in [0.5, 0.6) is 5.75 Å². The van der Waals surface area contributed by atoms with Gasteiger partial charge >= 0.3 is 0 Å². The van der Waals surface area contributed by atoms with Crippen LogP contribution >= 0.6 is 0 Å². The monoisotopic (exact) mass is 389 g/mol. The largest absolute Gasteiger partial charge is 0.494 e.